The molecule has 19 heavy (non-hydrogen) atoms. The molecule has 102 valence electrons. The van der Waals surface area contributed by atoms with Crippen molar-refractivity contribution in [2.24, 2.45) is 0 Å². The van der Waals surface area contributed by atoms with Crippen molar-refractivity contribution in [3.63, 3.8) is 0 Å². The van der Waals surface area contributed by atoms with E-state index >= 15 is 0 Å². The highest BCUT2D eigenvalue weighted by Crippen LogP contribution is 2.29. The summed E-state index contributed by atoms with van der Waals surface area (Å²) in [6.45, 7) is 6.19. The van der Waals surface area contributed by atoms with E-state index in [4.69, 9.17) is 0 Å². The van der Waals surface area contributed by atoms with Gasteiger partial charge in [0.15, 0.2) is 0 Å². The van der Waals surface area contributed by atoms with Crippen LogP contribution in [0.3, 0.4) is 0 Å². The summed E-state index contributed by atoms with van der Waals surface area (Å²) in [4.78, 5) is 4.62. The van der Waals surface area contributed by atoms with E-state index in [1.807, 2.05) is 20.0 Å². The molecule has 1 N–H and O–H groups in total. The second kappa shape index (κ2) is 5.80. The van der Waals surface area contributed by atoms with Crippen LogP contribution in [0.25, 0.3) is 0 Å². The molecule has 0 fully saturated rings. The maximum atomic E-state index is 14.0. The maximum absolute atomic E-state index is 14.0. The minimum atomic E-state index is -0.189. The summed E-state index contributed by atoms with van der Waals surface area (Å²) >= 11 is 1.58. The highest BCUT2D eigenvalue weighted by Gasteiger charge is 2.20. The third-order valence-corrected chi connectivity index (χ3v) is 4.06. The Labute approximate surface area is 117 Å². The van der Waals surface area contributed by atoms with Crippen LogP contribution >= 0.6 is 11.3 Å². The molecule has 1 atom stereocenters. The van der Waals surface area contributed by atoms with Crippen molar-refractivity contribution >= 4 is 11.3 Å². The molecule has 1 aromatic heterocycles. The fourth-order valence-corrected chi connectivity index (χ4v) is 3.10. The van der Waals surface area contributed by atoms with E-state index in [1.54, 1.807) is 17.4 Å². The number of thiazole rings is 1. The van der Waals surface area contributed by atoms with Gasteiger partial charge in [-0.1, -0.05) is 31.5 Å². The molecule has 0 amide bonds. The first kappa shape index (κ1) is 14.2. The Bertz CT molecular complexity index is 563. The number of nitrogens with zero attached hydrogens (tertiary/aromatic N) is 1. The number of aryl methyl sites for hydroxylation is 1. The molecule has 0 aliphatic rings. The lowest BCUT2D eigenvalue weighted by molar-refractivity contribution is 0.573. The van der Waals surface area contributed by atoms with E-state index in [9.17, 15) is 4.39 Å². The maximum Gasteiger partial charge on any atom is 0.128 e. The first-order chi connectivity index (χ1) is 9.02. The summed E-state index contributed by atoms with van der Waals surface area (Å²) in [5.74, 6) is 0.205. The molecule has 0 aliphatic carbocycles. The Morgan fingerprint density at radius 1 is 1.32 bits per heavy atom. The number of halogens is 1. The minimum Gasteiger partial charge on any atom is -0.307 e. The van der Waals surface area contributed by atoms with Crippen LogP contribution in [0.4, 0.5) is 4.39 Å². The molecule has 1 aromatic carbocycles. The van der Waals surface area contributed by atoms with Crippen molar-refractivity contribution in [1.29, 1.82) is 0 Å². The van der Waals surface area contributed by atoms with Gasteiger partial charge in [0.1, 0.15) is 10.8 Å². The average Bonchev–Trinajstić information content (AvgIpc) is 2.84. The molecule has 1 unspecified atom stereocenters. The Morgan fingerprint density at radius 3 is 2.63 bits per heavy atom. The lowest BCUT2D eigenvalue weighted by Crippen LogP contribution is -2.19. The molecular weight excluding hydrogens is 259 g/mol. The molecule has 0 bridgehead atoms. The van der Waals surface area contributed by atoms with E-state index in [0.717, 1.165) is 16.3 Å². The largest absolute Gasteiger partial charge is 0.307 e. The molecule has 4 heteroatoms. The van der Waals surface area contributed by atoms with Gasteiger partial charge in [0.05, 0.1) is 11.7 Å². The molecule has 1 heterocycles. The van der Waals surface area contributed by atoms with Crippen LogP contribution in [0.15, 0.2) is 23.6 Å². The van der Waals surface area contributed by atoms with Crippen LogP contribution in [0.5, 0.6) is 0 Å². The number of hydrogen-bond acceptors (Lipinski definition) is 3. The van der Waals surface area contributed by atoms with Gasteiger partial charge in [-0.05, 0) is 26.0 Å². The van der Waals surface area contributed by atoms with Crippen LogP contribution in [0, 0.1) is 12.7 Å². The predicted octanol–water partition coefficient (Wildman–Crippen LogP) is 4.02. The zero-order valence-corrected chi connectivity index (χ0v) is 12.5. The average molecular weight is 278 g/mol. The van der Waals surface area contributed by atoms with E-state index in [1.165, 1.54) is 6.07 Å². The van der Waals surface area contributed by atoms with Crippen molar-refractivity contribution in [1.82, 2.24) is 10.3 Å². The highest BCUT2D eigenvalue weighted by atomic mass is 32.1. The van der Waals surface area contributed by atoms with Crippen LogP contribution in [0.2, 0.25) is 0 Å². The van der Waals surface area contributed by atoms with E-state index in [0.29, 0.717) is 11.5 Å². The van der Waals surface area contributed by atoms with Gasteiger partial charge >= 0.3 is 0 Å². The minimum absolute atomic E-state index is 0.183. The van der Waals surface area contributed by atoms with Crippen molar-refractivity contribution in [3.05, 3.63) is 51.2 Å². The Hall–Kier alpha value is -1.26. The fourth-order valence-electron chi connectivity index (χ4n) is 1.99. The normalized spacial score (nSPS) is 12.9. The monoisotopic (exact) mass is 278 g/mol. The quantitative estimate of drug-likeness (QED) is 0.913. The van der Waals surface area contributed by atoms with Gasteiger partial charge in [-0.25, -0.2) is 9.37 Å². The van der Waals surface area contributed by atoms with E-state index in [-0.39, 0.29) is 11.9 Å². The lowest BCUT2D eigenvalue weighted by Gasteiger charge is -2.15. The first-order valence-corrected chi connectivity index (χ1v) is 7.29. The standard InChI is InChI=1S/C15H19FN2S/c1-9(2)13-8-19-15(18-13)14(17-4)11-7-10(3)5-6-12(11)16/h5-9,14,17H,1-4H3. The van der Waals surface area contributed by atoms with Crippen LogP contribution in [-0.4, -0.2) is 12.0 Å². The fraction of sp³-hybridized carbons (Fsp3) is 0.400. The summed E-state index contributed by atoms with van der Waals surface area (Å²) in [7, 11) is 1.84. The van der Waals surface area contributed by atoms with Gasteiger partial charge in [0.2, 0.25) is 0 Å². The summed E-state index contributed by atoms with van der Waals surface area (Å²) in [5.41, 5.74) is 2.78. The lowest BCUT2D eigenvalue weighted by atomic mass is 10.0. The topological polar surface area (TPSA) is 24.9 Å². The van der Waals surface area contributed by atoms with Crippen molar-refractivity contribution < 1.29 is 4.39 Å². The Kier molecular flexibility index (Phi) is 4.32. The number of aromatic nitrogens is 1. The predicted molar refractivity (Wildman–Crippen MR) is 78.2 cm³/mol. The molecule has 0 saturated carbocycles. The number of rotatable bonds is 4. The van der Waals surface area contributed by atoms with Crippen molar-refractivity contribution in [3.8, 4) is 0 Å². The van der Waals surface area contributed by atoms with Crippen LogP contribution in [-0.2, 0) is 0 Å². The summed E-state index contributed by atoms with van der Waals surface area (Å²) < 4.78 is 14.0. The van der Waals surface area contributed by atoms with Gasteiger partial charge in [0.25, 0.3) is 0 Å². The zero-order valence-electron chi connectivity index (χ0n) is 11.7. The molecule has 0 aliphatic heterocycles. The van der Waals surface area contributed by atoms with Crippen molar-refractivity contribution in [2.75, 3.05) is 7.05 Å². The molecule has 2 rings (SSSR count). The molecule has 0 spiro atoms. The summed E-state index contributed by atoms with van der Waals surface area (Å²) in [5, 5.41) is 6.13. The van der Waals surface area contributed by atoms with Crippen LogP contribution in [0.1, 0.15) is 47.6 Å². The second-order valence-corrected chi connectivity index (χ2v) is 5.90. The molecule has 0 radical (unpaired) electrons. The Balaban J connectivity index is 2.40. The van der Waals surface area contributed by atoms with Crippen LogP contribution < -0.4 is 5.32 Å². The first-order valence-electron chi connectivity index (χ1n) is 6.41. The van der Waals surface area contributed by atoms with Gasteiger partial charge in [-0.3, -0.25) is 0 Å². The van der Waals surface area contributed by atoms with Gasteiger partial charge < -0.3 is 5.32 Å². The highest BCUT2D eigenvalue weighted by molar-refractivity contribution is 7.09. The zero-order chi connectivity index (χ0) is 14.0. The van der Waals surface area contributed by atoms with Crippen molar-refractivity contribution in [2.45, 2.75) is 32.7 Å². The third-order valence-electron chi connectivity index (χ3n) is 3.13. The second-order valence-electron chi connectivity index (χ2n) is 5.01. The summed E-state index contributed by atoms with van der Waals surface area (Å²) in [6, 6.07) is 5.00. The van der Waals surface area contributed by atoms with Gasteiger partial charge in [-0.2, -0.15) is 0 Å². The van der Waals surface area contributed by atoms with Gasteiger partial charge in [-0.15, -0.1) is 11.3 Å². The third kappa shape index (κ3) is 3.01. The van der Waals surface area contributed by atoms with Gasteiger partial charge in [0, 0.05) is 10.9 Å². The Morgan fingerprint density at radius 2 is 2.05 bits per heavy atom. The number of benzene rings is 1. The molecule has 0 saturated heterocycles. The molecule has 2 aromatic rings. The molecular formula is C15H19FN2S. The van der Waals surface area contributed by atoms with E-state index < -0.39 is 0 Å². The number of nitrogens with one attached hydrogen (secondary N) is 1. The SMILES string of the molecule is CNC(c1nc(C(C)C)cs1)c1cc(C)ccc1F. The number of hydrogen-bond donors (Lipinski definition) is 1. The van der Waals surface area contributed by atoms with E-state index in [2.05, 4.69) is 29.5 Å². The smallest absolute Gasteiger partial charge is 0.128 e. The summed E-state index contributed by atoms with van der Waals surface area (Å²) in [6.07, 6.45) is 0. The molecule has 2 nitrogen and oxygen atoms in total.